The molecule has 0 unspecified atom stereocenters. The molecular weight excluding hydrogens is 457 g/mol. The van der Waals surface area contributed by atoms with Gasteiger partial charge in [-0.1, -0.05) is 35.8 Å². The van der Waals surface area contributed by atoms with Crippen LogP contribution in [-0.2, 0) is 26.0 Å². The first-order chi connectivity index (χ1) is 15.2. The number of carbonyl (C=O) groups excluding carboxylic acids is 1. The van der Waals surface area contributed by atoms with Crippen molar-refractivity contribution >= 4 is 38.7 Å². The van der Waals surface area contributed by atoms with Crippen molar-refractivity contribution < 1.29 is 22.4 Å². The van der Waals surface area contributed by atoms with Gasteiger partial charge in [-0.3, -0.25) is 4.79 Å². The maximum absolute atomic E-state index is 15.0. The van der Waals surface area contributed by atoms with Crippen LogP contribution < -0.4 is 10.6 Å². The first-order valence-electron chi connectivity index (χ1n) is 10.0. The van der Waals surface area contributed by atoms with E-state index in [9.17, 15) is 13.2 Å². The number of oxime groups is 1. The van der Waals surface area contributed by atoms with E-state index in [0.717, 1.165) is 6.07 Å². The average molecular weight is 478 g/mol. The zero-order valence-electron chi connectivity index (χ0n) is 17.2. The van der Waals surface area contributed by atoms with Crippen molar-refractivity contribution in [2.75, 3.05) is 10.7 Å². The number of amides is 1. The van der Waals surface area contributed by atoms with Gasteiger partial charge in [-0.05, 0) is 35.9 Å². The largest absolute Gasteiger partial charge is 0.362 e. The molecule has 0 saturated carbocycles. The third-order valence-electron chi connectivity index (χ3n) is 5.37. The van der Waals surface area contributed by atoms with Gasteiger partial charge in [0.05, 0.1) is 34.6 Å². The fourth-order valence-electron chi connectivity index (χ4n) is 3.64. The molecule has 0 fully saturated rings. The molecule has 1 amide bonds. The Labute approximate surface area is 190 Å². The van der Waals surface area contributed by atoms with E-state index in [1.54, 1.807) is 30.3 Å². The van der Waals surface area contributed by atoms with Crippen LogP contribution in [0.3, 0.4) is 0 Å². The lowest BCUT2D eigenvalue weighted by Crippen LogP contribution is -2.45. The highest BCUT2D eigenvalue weighted by Gasteiger charge is 2.37. The molecule has 0 saturated heterocycles. The quantitative estimate of drug-likeness (QED) is 0.725. The molecule has 2 heterocycles. The Balaban J connectivity index is 1.84. The van der Waals surface area contributed by atoms with E-state index in [4.69, 9.17) is 22.2 Å². The lowest BCUT2D eigenvalue weighted by atomic mass is 10.0. The molecular formula is C22H21ClFN3O4S. The summed E-state index contributed by atoms with van der Waals surface area (Å²) in [6.45, 7) is 1.95. The maximum Gasteiger partial charge on any atom is 0.245 e. The van der Waals surface area contributed by atoms with Gasteiger partial charge in [-0.25, -0.2) is 12.8 Å². The maximum atomic E-state index is 15.0. The number of nitrogens with two attached hydrogens (primary N) is 1. The summed E-state index contributed by atoms with van der Waals surface area (Å²) in [7, 11) is -4.01. The lowest BCUT2D eigenvalue weighted by Gasteiger charge is -2.25. The molecule has 0 bridgehead atoms. The Morgan fingerprint density at radius 3 is 2.62 bits per heavy atom. The normalized spacial score (nSPS) is 20.1. The summed E-state index contributed by atoms with van der Waals surface area (Å²) < 4.78 is 40.9. The number of anilines is 1. The number of rotatable bonds is 4. The molecule has 2 aliphatic rings. The molecule has 2 aliphatic heterocycles. The minimum absolute atomic E-state index is 0.0418. The molecule has 0 aromatic heterocycles. The van der Waals surface area contributed by atoms with E-state index in [1.807, 2.05) is 6.92 Å². The van der Waals surface area contributed by atoms with Crippen LogP contribution in [0.25, 0.3) is 0 Å². The monoisotopic (exact) mass is 477 g/mol. The van der Waals surface area contributed by atoms with Crippen LogP contribution in [0.4, 0.5) is 10.1 Å². The zero-order valence-corrected chi connectivity index (χ0v) is 18.8. The first-order valence-corrected chi connectivity index (χ1v) is 12.0. The van der Waals surface area contributed by atoms with Crippen molar-refractivity contribution in [2.24, 2.45) is 10.9 Å². The zero-order chi connectivity index (χ0) is 23.0. The van der Waals surface area contributed by atoms with Crippen molar-refractivity contribution in [3.8, 4) is 0 Å². The Morgan fingerprint density at radius 1 is 1.28 bits per heavy atom. The molecule has 0 radical (unpaired) electrons. The Kier molecular flexibility index (Phi) is 6.07. The van der Waals surface area contributed by atoms with Crippen LogP contribution in [0.2, 0.25) is 5.02 Å². The van der Waals surface area contributed by atoms with Gasteiger partial charge < -0.3 is 15.5 Å². The summed E-state index contributed by atoms with van der Waals surface area (Å²) in [4.78, 5) is 19.3. The molecule has 168 valence electrons. The predicted octanol–water partition coefficient (Wildman–Crippen LogP) is 3.55. The van der Waals surface area contributed by atoms with Crippen LogP contribution in [0, 0.1) is 5.82 Å². The molecule has 7 nitrogen and oxygen atoms in total. The minimum Gasteiger partial charge on any atom is -0.362 e. The second-order valence-electron chi connectivity index (χ2n) is 7.60. The minimum atomic E-state index is -4.01. The summed E-state index contributed by atoms with van der Waals surface area (Å²) in [6.07, 6.45) is 2.75. The second kappa shape index (κ2) is 8.65. The van der Waals surface area contributed by atoms with Gasteiger partial charge in [-0.2, -0.15) is 0 Å². The van der Waals surface area contributed by atoms with Crippen LogP contribution in [0.1, 0.15) is 30.9 Å². The Morgan fingerprint density at radius 2 is 2.00 bits per heavy atom. The van der Waals surface area contributed by atoms with Crippen molar-refractivity contribution in [1.82, 2.24) is 0 Å². The topological polar surface area (TPSA) is 102 Å². The number of halogens is 2. The molecule has 2 N–H and O–H groups in total. The summed E-state index contributed by atoms with van der Waals surface area (Å²) in [5.41, 5.74) is 7.04. The lowest BCUT2D eigenvalue weighted by molar-refractivity contribution is -0.119. The molecule has 2 aromatic carbocycles. The van der Waals surface area contributed by atoms with Crippen molar-refractivity contribution in [3.63, 3.8) is 0 Å². The summed E-state index contributed by atoms with van der Waals surface area (Å²) in [5.74, 6) is -1.29. The molecule has 2 aromatic rings. The number of benzene rings is 2. The Hall–Kier alpha value is -2.75. The van der Waals surface area contributed by atoms with E-state index in [2.05, 4.69) is 5.16 Å². The molecule has 32 heavy (non-hydrogen) atoms. The SMILES string of the molecule is CCC1=CCC(c2cc3c(cc2F)S(=O)(=O)C[C@H](N)C(=O)N3Cc2ccc(Cl)cc2)=NO1. The molecule has 0 aliphatic carbocycles. The van der Waals surface area contributed by atoms with Crippen LogP contribution in [-0.4, -0.2) is 31.8 Å². The second-order valence-corrected chi connectivity index (χ2v) is 10.0. The highest BCUT2D eigenvalue weighted by atomic mass is 35.5. The number of sulfone groups is 1. The molecule has 1 atom stereocenters. The summed E-state index contributed by atoms with van der Waals surface area (Å²) in [5, 5.41) is 4.51. The van der Waals surface area contributed by atoms with Crippen LogP contribution in [0.15, 0.2) is 58.3 Å². The van der Waals surface area contributed by atoms with Gasteiger partial charge in [0.25, 0.3) is 0 Å². The van der Waals surface area contributed by atoms with Crippen LogP contribution >= 0.6 is 11.6 Å². The van der Waals surface area contributed by atoms with E-state index in [-0.39, 0.29) is 22.7 Å². The van der Waals surface area contributed by atoms with Gasteiger partial charge in [0.1, 0.15) is 11.6 Å². The molecule has 0 spiro atoms. The highest BCUT2D eigenvalue weighted by molar-refractivity contribution is 7.91. The summed E-state index contributed by atoms with van der Waals surface area (Å²) in [6, 6.07) is 7.76. The predicted molar refractivity (Wildman–Crippen MR) is 120 cm³/mol. The van der Waals surface area contributed by atoms with Gasteiger partial charge in [0.15, 0.2) is 9.84 Å². The number of allylic oxidation sites excluding steroid dienone is 2. The summed E-state index contributed by atoms with van der Waals surface area (Å²) >= 11 is 5.94. The van der Waals surface area contributed by atoms with E-state index >= 15 is 4.39 Å². The number of hydrogen-bond donors (Lipinski definition) is 1. The van der Waals surface area contributed by atoms with Gasteiger partial charge in [0.2, 0.25) is 5.91 Å². The fourth-order valence-corrected chi connectivity index (χ4v) is 5.34. The third-order valence-corrected chi connectivity index (χ3v) is 7.41. The van der Waals surface area contributed by atoms with Gasteiger partial charge in [-0.15, -0.1) is 0 Å². The first kappa shape index (κ1) is 22.4. The van der Waals surface area contributed by atoms with Gasteiger partial charge >= 0.3 is 0 Å². The average Bonchev–Trinajstić information content (AvgIpc) is 2.83. The van der Waals surface area contributed by atoms with Crippen molar-refractivity contribution in [1.29, 1.82) is 0 Å². The Bertz CT molecular complexity index is 1240. The van der Waals surface area contributed by atoms with Gasteiger partial charge in [0, 0.05) is 23.4 Å². The van der Waals surface area contributed by atoms with Crippen LogP contribution in [0.5, 0.6) is 0 Å². The molecule has 10 heteroatoms. The van der Waals surface area contributed by atoms with E-state index in [1.165, 1.54) is 11.0 Å². The number of fused-ring (bicyclic) bond motifs is 1. The number of carbonyl (C=O) groups is 1. The fraction of sp³-hybridized carbons (Fsp3) is 0.273. The number of hydrogen-bond acceptors (Lipinski definition) is 6. The highest BCUT2D eigenvalue weighted by Crippen LogP contribution is 2.35. The standard InChI is InChI=1S/C22H21ClFN3O4S/c1-2-15-7-8-19(26-31-15)16-9-20-21(10-17(16)24)32(29,30)12-18(25)22(28)27(20)11-13-3-5-14(23)6-4-13/h3-7,9-10,18H,2,8,11-12,25H2,1H3/t18-/m0/s1. The van der Waals surface area contributed by atoms with Crippen molar-refractivity contribution in [3.05, 3.63) is 70.2 Å². The molecule has 4 rings (SSSR count). The van der Waals surface area contributed by atoms with E-state index < -0.39 is 33.4 Å². The third kappa shape index (κ3) is 4.28. The van der Waals surface area contributed by atoms with Crippen molar-refractivity contribution in [2.45, 2.75) is 37.2 Å². The van der Waals surface area contributed by atoms with E-state index in [0.29, 0.717) is 34.9 Å². The smallest absolute Gasteiger partial charge is 0.245 e. The number of nitrogens with zero attached hydrogens (tertiary/aromatic N) is 2.